The van der Waals surface area contributed by atoms with Crippen molar-refractivity contribution in [2.75, 3.05) is 13.2 Å². The summed E-state index contributed by atoms with van der Waals surface area (Å²) in [6, 6.07) is -2.77. The fraction of sp³-hybridized carbons (Fsp3) is 0.722. The van der Waals surface area contributed by atoms with Crippen LogP contribution in [0, 0.1) is 11.3 Å². The van der Waals surface area contributed by atoms with Crippen LogP contribution < -0.4 is 21.7 Å². The Labute approximate surface area is 176 Å². The molecule has 1 heterocycles. The Hall–Kier alpha value is -2.70. The molecule has 1 fully saturated rings. The molecule has 13 heteroatoms. The number of Topliss-reactive ketones (excluding diaryl/α,β-unsaturated/α-hetero) is 1. The number of carbonyl (C=O) groups is 5. The average Bonchev–Trinajstić information content (AvgIpc) is 3.01. The molecule has 0 bridgehead atoms. The van der Waals surface area contributed by atoms with Crippen LogP contribution in [0.4, 0.5) is 13.2 Å². The molecule has 1 aliphatic heterocycles. The van der Waals surface area contributed by atoms with Crippen molar-refractivity contribution in [3.63, 3.8) is 0 Å². The molecule has 0 aromatic rings. The Morgan fingerprint density at radius 2 is 1.77 bits per heavy atom. The van der Waals surface area contributed by atoms with E-state index in [9.17, 15) is 37.1 Å². The first kappa shape index (κ1) is 26.3. The standard InChI is InChI=1S/C18H27F3N4O6/c1-17(2,3)7-11(25-16(30)13(22)27)15(29)24-10(6-9-4-5-23-14(9)28)12(26)8-31-18(19,20)21/h9-11H,4-8H2,1-3H3,(H2,22,27)(H,23,28)(H,24,29)(H,25,30)/t9-,10-,11-/m0/s1. The van der Waals surface area contributed by atoms with Crippen molar-refractivity contribution < 1.29 is 41.9 Å². The summed E-state index contributed by atoms with van der Waals surface area (Å²) in [5.74, 6) is -5.66. The maximum absolute atomic E-state index is 12.8. The Kier molecular flexibility index (Phi) is 8.97. The van der Waals surface area contributed by atoms with Gasteiger partial charge in [-0.25, -0.2) is 0 Å². The van der Waals surface area contributed by atoms with Crippen molar-refractivity contribution in [2.45, 2.75) is 58.5 Å². The Morgan fingerprint density at radius 1 is 1.16 bits per heavy atom. The van der Waals surface area contributed by atoms with Gasteiger partial charge in [-0.2, -0.15) is 0 Å². The average molecular weight is 452 g/mol. The maximum Gasteiger partial charge on any atom is 0.522 e. The molecule has 176 valence electrons. The second-order valence-electron chi connectivity index (χ2n) is 8.43. The quantitative estimate of drug-likeness (QED) is 0.346. The van der Waals surface area contributed by atoms with Crippen LogP contribution in [0.1, 0.15) is 40.0 Å². The highest BCUT2D eigenvalue weighted by atomic mass is 19.4. The first-order valence-corrected chi connectivity index (χ1v) is 9.51. The molecule has 1 rings (SSSR count). The van der Waals surface area contributed by atoms with Gasteiger partial charge in [0.05, 0.1) is 6.04 Å². The van der Waals surface area contributed by atoms with Crippen LogP contribution in [0.15, 0.2) is 0 Å². The summed E-state index contributed by atoms with van der Waals surface area (Å²) in [7, 11) is 0. The molecular weight excluding hydrogens is 425 g/mol. The number of amides is 4. The molecule has 0 aromatic carbocycles. The largest absolute Gasteiger partial charge is 0.522 e. The van der Waals surface area contributed by atoms with Crippen LogP contribution in [0.5, 0.6) is 0 Å². The van der Waals surface area contributed by atoms with Crippen molar-refractivity contribution in [1.82, 2.24) is 16.0 Å². The first-order chi connectivity index (χ1) is 14.1. The number of hydrogen-bond acceptors (Lipinski definition) is 6. The van der Waals surface area contributed by atoms with E-state index >= 15 is 0 Å². The molecule has 0 aliphatic carbocycles. The minimum absolute atomic E-state index is 0.0295. The van der Waals surface area contributed by atoms with Crippen LogP contribution in [-0.4, -0.2) is 61.0 Å². The summed E-state index contributed by atoms with van der Waals surface area (Å²) in [5, 5.41) is 6.97. The van der Waals surface area contributed by atoms with E-state index in [2.05, 4.69) is 20.7 Å². The SMILES string of the molecule is CC(C)(C)C[C@H](NC(=O)C(N)=O)C(=O)N[C@@H](C[C@@H]1CCNC1=O)C(=O)COC(F)(F)F. The van der Waals surface area contributed by atoms with Crippen LogP contribution in [0.3, 0.4) is 0 Å². The third-order valence-corrected chi connectivity index (χ3v) is 4.43. The highest BCUT2D eigenvalue weighted by molar-refractivity contribution is 6.34. The summed E-state index contributed by atoms with van der Waals surface area (Å²) in [6.45, 7) is 4.20. The third kappa shape index (κ3) is 9.77. The molecule has 0 unspecified atom stereocenters. The topological polar surface area (TPSA) is 157 Å². The smallest absolute Gasteiger partial charge is 0.361 e. The molecule has 0 aromatic heterocycles. The molecule has 1 saturated heterocycles. The van der Waals surface area contributed by atoms with E-state index < -0.39 is 65.8 Å². The summed E-state index contributed by atoms with van der Waals surface area (Å²) < 4.78 is 40.5. The lowest BCUT2D eigenvalue weighted by atomic mass is 9.87. The molecular formula is C18H27F3N4O6. The van der Waals surface area contributed by atoms with E-state index in [1.54, 1.807) is 20.8 Å². The second-order valence-corrected chi connectivity index (χ2v) is 8.43. The number of nitrogens with one attached hydrogen (secondary N) is 3. The fourth-order valence-corrected chi connectivity index (χ4v) is 3.00. The van der Waals surface area contributed by atoms with Crippen LogP contribution in [0.25, 0.3) is 0 Å². The van der Waals surface area contributed by atoms with Crippen molar-refractivity contribution in [1.29, 1.82) is 0 Å². The van der Waals surface area contributed by atoms with E-state index in [4.69, 9.17) is 5.73 Å². The highest BCUT2D eigenvalue weighted by Gasteiger charge is 2.36. The minimum atomic E-state index is -5.06. The number of hydrogen-bond donors (Lipinski definition) is 4. The molecule has 0 spiro atoms. The molecule has 0 saturated carbocycles. The summed E-state index contributed by atoms with van der Waals surface area (Å²) >= 11 is 0. The molecule has 5 N–H and O–H groups in total. The second kappa shape index (κ2) is 10.6. The van der Waals surface area contributed by atoms with Gasteiger partial charge in [0.15, 0.2) is 5.78 Å². The van der Waals surface area contributed by atoms with E-state index in [0.717, 1.165) is 0 Å². The lowest BCUT2D eigenvalue weighted by Crippen LogP contribution is -2.55. The van der Waals surface area contributed by atoms with E-state index in [-0.39, 0.29) is 12.8 Å². The third-order valence-electron chi connectivity index (χ3n) is 4.43. The van der Waals surface area contributed by atoms with Gasteiger partial charge >= 0.3 is 18.2 Å². The predicted molar refractivity (Wildman–Crippen MR) is 99.9 cm³/mol. The number of carbonyl (C=O) groups excluding carboxylic acids is 5. The number of ketones is 1. The summed E-state index contributed by atoms with van der Waals surface area (Å²) in [5.41, 5.74) is 4.38. The van der Waals surface area contributed by atoms with E-state index in [1.165, 1.54) is 0 Å². The van der Waals surface area contributed by atoms with Gasteiger partial charge in [0, 0.05) is 12.5 Å². The fourth-order valence-electron chi connectivity index (χ4n) is 3.00. The van der Waals surface area contributed by atoms with Crippen molar-refractivity contribution in [3.05, 3.63) is 0 Å². The van der Waals surface area contributed by atoms with Gasteiger partial charge in [0.2, 0.25) is 11.8 Å². The minimum Gasteiger partial charge on any atom is -0.361 e. The summed E-state index contributed by atoms with van der Waals surface area (Å²) in [4.78, 5) is 59.6. The van der Waals surface area contributed by atoms with Gasteiger partial charge in [-0.05, 0) is 24.7 Å². The van der Waals surface area contributed by atoms with Crippen molar-refractivity contribution in [2.24, 2.45) is 17.1 Å². The summed E-state index contributed by atoms with van der Waals surface area (Å²) in [6.07, 6.45) is -4.94. The monoisotopic (exact) mass is 452 g/mol. The molecule has 10 nitrogen and oxygen atoms in total. The maximum atomic E-state index is 12.8. The number of ether oxygens (including phenoxy) is 1. The zero-order valence-electron chi connectivity index (χ0n) is 17.4. The van der Waals surface area contributed by atoms with E-state index in [1.807, 2.05) is 0 Å². The predicted octanol–water partition coefficient (Wildman–Crippen LogP) is -0.491. The van der Waals surface area contributed by atoms with Gasteiger partial charge in [-0.1, -0.05) is 20.8 Å². The molecule has 31 heavy (non-hydrogen) atoms. The Bertz CT molecular complexity index is 720. The number of primary amides is 1. The first-order valence-electron chi connectivity index (χ1n) is 9.51. The zero-order valence-corrected chi connectivity index (χ0v) is 17.4. The molecule has 1 aliphatic rings. The highest BCUT2D eigenvalue weighted by Crippen LogP contribution is 2.22. The van der Waals surface area contributed by atoms with Gasteiger partial charge < -0.3 is 21.7 Å². The normalized spacial score (nSPS) is 18.6. The van der Waals surface area contributed by atoms with Crippen LogP contribution >= 0.6 is 0 Å². The van der Waals surface area contributed by atoms with Crippen LogP contribution in [0.2, 0.25) is 0 Å². The Balaban J connectivity index is 3.01. The van der Waals surface area contributed by atoms with Gasteiger partial charge in [0.1, 0.15) is 12.6 Å². The lowest BCUT2D eigenvalue weighted by molar-refractivity contribution is -0.321. The van der Waals surface area contributed by atoms with Crippen LogP contribution in [-0.2, 0) is 28.7 Å². The molecule has 3 atom stereocenters. The zero-order chi connectivity index (χ0) is 24.0. The molecule has 0 radical (unpaired) electrons. The Morgan fingerprint density at radius 3 is 2.23 bits per heavy atom. The lowest BCUT2D eigenvalue weighted by Gasteiger charge is -2.28. The number of rotatable bonds is 9. The van der Waals surface area contributed by atoms with Crippen molar-refractivity contribution in [3.8, 4) is 0 Å². The van der Waals surface area contributed by atoms with E-state index in [0.29, 0.717) is 13.0 Å². The molecule has 4 amide bonds. The number of halogens is 3. The van der Waals surface area contributed by atoms with Crippen molar-refractivity contribution >= 4 is 29.4 Å². The number of alkyl halides is 3. The number of nitrogens with two attached hydrogens (primary N) is 1. The van der Waals surface area contributed by atoms with Gasteiger partial charge in [0.25, 0.3) is 0 Å². The van der Waals surface area contributed by atoms with Gasteiger partial charge in [-0.15, -0.1) is 13.2 Å². The van der Waals surface area contributed by atoms with Gasteiger partial charge in [-0.3, -0.25) is 28.7 Å².